The molecule has 9 nitrogen and oxygen atoms in total. The predicted octanol–water partition coefficient (Wildman–Crippen LogP) is 4.47. The van der Waals surface area contributed by atoms with Crippen LogP contribution in [0, 0.1) is 19.8 Å². The third-order valence-electron chi connectivity index (χ3n) is 6.96. The van der Waals surface area contributed by atoms with Crippen LogP contribution in [0.25, 0.3) is 11.4 Å². The van der Waals surface area contributed by atoms with Crippen LogP contribution in [-0.2, 0) is 22.7 Å². The first-order valence-electron chi connectivity index (χ1n) is 13.3. The summed E-state index contributed by atoms with van der Waals surface area (Å²) in [6.07, 6.45) is 1.99. The maximum atomic E-state index is 13.5. The zero-order valence-electron chi connectivity index (χ0n) is 23.1. The molecule has 0 saturated heterocycles. The van der Waals surface area contributed by atoms with Gasteiger partial charge in [0.1, 0.15) is 5.82 Å². The fourth-order valence-electron chi connectivity index (χ4n) is 4.71. The highest BCUT2D eigenvalue weighted by Crippen LogP contribution is 2.27. The Hall–Kier alpha value is -3.72. The SMILES string of the molecule is C.Cc1nc(-c2ccc(C)c(N(CC(=O)NCCCC(C)C)CC(=O)N(C)N3Cc4ccccc4C3)c2)n[nH]1. The van der Waals surface area contributed by atoms with Crippen LogP contribution in [-0.4, -0.2) is 63.7 Å². The number of hydrogen-bond donors (Lipinski definition) is 2. The number of hydrogen-bond acceptors (Lipinski definition) is 6. The standard InChI is InChI=1S/C29H39N7O2.CH4/c1-20(2)9-8-14-30-27(37)18-35(26-15-23(13-12-21(26)3)29-31-22(4)32-33-29)19-28(38)34(5)36-16-24-10-6-7-11-25(24)17-36;/h6-7,10-13,15,20H,8-9,14,16-19H2,1-5H3,(H,30,37)(H,31,32,33);1H4. The number of carbonyl (C=O) groups is 2. The molecule has 0 aliphatic carbocycles. The number of aryl methyl sites for hydroxylation is 2. The molecule has 1 aliphatic heterocycles. The van der Waals surface area contributed by atoms with Crippen LogP contribution in [0.2, 0.25) is 0 Å². The van der Waals surface area contributed by atoms with Crippen molar-refractivity contribution in [2.45, 2.75) is 61.1 Å². The smallest absolute Gasteiger partial charge is 0.256 e. The first-order valence-corrected chi connectivity index (χ1v) is 13.3. The molecular formula is C30H43N7O2. The molecule has 0 radical (unpaired) electrons. The Labute approximate surface area is 232 Å². The van der Waals surface area contributed by atoms with E-state index < -0.39 is 0 Å². The number of aromatic nitrogens is 3. The molecule has 1 aromatic heterocycles. The average Bonchev–Trinajstić information content (AvgIpc) is 3.52. The van der Waals surface area contributed by atoms with E-state index in [0.717, 1.165) is 35.5 Å². The number of aromatic amines is 1. The number of rotatable bonds is 11. The van der Waals surface area contributed by atoms with Crippen molar-refractivity contribution in [1.29, 1.82) is 0 Å². The van der Waals surface area contributed by atoms with Gasteiger partial charge in [-0.1, -0.05) is 57.7 Å². The molecule has 0 saturated carbocycles. The average molecular weight is 534 g/mol. The van der Waals surface area contributed by atoms with Gasteiger partial charge in [0.15, 0.2) is 5.82 Å². The number of likely N-dealkylation sites (N-methyl/N-ethyl adjacent to an activating group) is 1. The number of amides is 2. The van der Waals surface area contributed by atoms with Gasteiger partial charge >= 0.3 is 0 Å². The van der Waals surface area contributed by atoms with Crippen molar-refractivity contribution in [1.82, 2.24) is 30.5 Å². The second kappa shape index (κ2) is 13.4. The Balaban J connectivity index is 0.00000420. The van der Waals surface area contributed by atoms with Crippen molar-refractivity contribution in [2.75, 3.05) is 31.6 Å². The molecule has 0 fully saturated rings. The lowest BCUT2D eigenvalue weighted by Crippen LogP contribution is -2.48. The van der Waals surface area contributed by atoms with E-state index in [4.69, 9.17) is 0 Å². The fraction of sp³-hybridized carbons (Fsp3) is 0.467. The summed E-state index contributed by atoms with van der Waals surface area (Å²) < 4.78 is 0. The Kier molecular flexibility index (Phi) is 10.2. The van der Waals surface area contributed by atoms with E-state index in [0.29, 0.717) is 31.4 Å². The number of nitrogens with zero attached hydrogens (tertiary/aromatic N) is 5. The number of benzene rings is 2. The van der Waals surface area contributed by atoms with E-state index in [2.05, 4.69) is 46.5 Å². The van der Waals surface area contributed by atoms with E-state index in [-0.39, 0.29) is 32.3 Å². The number of hydrazine groups is 1. The molecule has 2 N–H and O–H groups in total. The molecule has 0 unspecified atom stereocenters. The highest BCUT2D eigenvalue weighted by atomic mass is 16.2. The maximum absolute atomic E-state index is 13.5. The summed E-state index contributed by atoms with van der Waals surface area (Å²) in [5.41, 5.74) is 5.07. The highest BCUT2D eigenvalue weighted by Gasteiger charge is 2.27. The molecule has 1 aliphatic rings. The summed E-state index contributed by atoms with van der Waals surface area (Å²) in [5, 5.41) is 13.9. The molecular weight excluding hydrogens is 490 g/mol. The summed E-state index contributed by atoms with van der Waals surface area (Å²) in [7, 11) is 1.80. The minimum atomic E-state index is -0.101. The maximum Gasteiger partial charge on any atom is 0.256 e. The van der Waals surface area contributed by atoms with Gasteiger partial charge in [0.2, 0.25) is 5.91 Å². The topological polar surface area (TPSA) is 97.5 Å². The lowest BCUT2D eigenvalue weighted by atomic mass is 10.1. The van der Waals surface area contributed by atoms with Crippen molar-refractivity contribution >= 4 is 17.5 Å². The molecule has 210 valence electrons. The third-order valence-corrected chi connectivity index (χ3v) is 6.96. The van der Waals surface area contributed by atoms with Gasteiger partial charge < -0.3 is 10.2 Å². The van der Waals surface area contributed by atoms with Gasteiger partial charge in [-0.05, 0) is 55.4 Å². The van der Waals surface area contributed by atoms with Crippen LogP contribution in [0.3, 0.4) is 0 Å². The van der Waals surface area contributed by atoms with E-state index in [1.54, 1.807) is 12.1 Å². The summed E-state index contributed by atoms with van der Waals surface area (Å²) in [6, 6.07) is 14.2. The van der Waals surface area contributed by atoms with Gasteiger partial charge in [-0.25, -0.2) is 9.99 Å². The monoisotopic (exact) mass is 533 g/mol. The number of carbonyl (C=O) groups excluding carboxylic acids is 2. The Morgan fingerprint density at radius 1 is 1.08 bits per heavy atom. The van der Waals surface area contributed by atoms with Crippen LogP contribution in [0.5, 0.6) is 0 Å². The van der Waals surface area contributed by atoms with Crippen molar-refractivity contribution < 1.29 is 9.59 Å². The molecule has 2 aromatic carbocycles. The zero-order chi connectivity index (χ0) is 27.2. The summed E-state index contributed by atoms with van der Waals surface area (Å²) in [4.78, 5) is 32.8. The van der Waals surface area contributed by atoms with Crippen molar-refractivity contribution in [3.63, 3.8) is 0 Å². The van der Waals surface area contributed by atoms with Crippen LogP contribution in [0.4, 0.5) is 5.69 Å². The molecule has 2 heterocycles. The van der Waals surface area contributed by atoms with Crippen LogP contribution < -0.4 is 10.2 Å². The summed E-state index contributed by atoms with van der Waals surface area (Å²) >= 11 is 0. The van der Waals surface area contributed by atoms with Gasteiger partial charge in [-0.3, -0.25) is 19.7 Å². The molecule has 39 heavy (non-hydrogen) atoms. The second-order valence-corrected chi connectivity index (χ2v) is 10.5. The Bertz CT molecular complexity index is 1240. The molecule has 3 aromatic rings. The normalized spacial score (nSPS) is 12.7. The second-order valence-electron chi connectivity index (χ2n) is 10.5. The highest BCUT2D eigenvalue weighted by molar-refractivity contribution is 5.87. The summed E-state index contributed by atoms with van der Waals surface area (Å²) in [5.74, 6) is 1.72. The van der Waals surface area contributed by atoms with E-state index in [1.165, 1.54) is 11.1 Å². The number of H-pyrrole nitrogens is 1. The number of nitrogens with one attached hydrogen (secondary N) is 2. The molecule has 4 rings (SSSR count). The lowest BCUT2D eigenvalue weighted by molar-refractivity contribution is -0.145. The number of anilines is 1. The molecule has 0 spiro atoms. The molecule has 2 amide bonds. The van der Waals surface area contributed by atoms with E-state index in [9.17, 15) is 9.59 Å². The fourth-order valence-corrected chi connectivity index (χ4v) is 4.71. The molecule has 0 bridgehead atoms. The first-order chi connectivity index (χ1) is 18.2. The number of fused-ring (bicyclic) bond motifs is 1. The quantitative estimate of drug-likeness (QED) is 0.353. The van der Waals surface area contributed by atoms with Crippen LogP contribution in [0.15, 0.2) is 42.5 Å². The van der Waals surface area contributed by atoms with Gasteiger partial charge in [0.05, 0.1) is 13.1 Å². The van der Waals surface area contributed by atoms with Gasteiger partial charge in [-0.2, -0.15) is 5.10 Å². The minimum Gasteiger partial charge on any atom is -0.355 e. The molecule has 0 atom stereocenters. The van der Waals surface area contributed by atoms with Gasteiger partial charge in [-0.15, -0.1) is 0 Å². The first kappa shape index (κ1) is 29.8. The predicted molar refractivity (Wildman–Crippen MR) is 156 cm³/mol. The third kappa shape index (κ3) is 7.66. The molecule has 9 heteroatoms. The Morgan fingerprint density at radius 3 is 2.38 bits per heavy atom. The van der Waals surface area contributed by atoms with E-state index >= 15 is 0 Å². The lowest BCUT2D eigenvalue weighted by Gasteiger charge is -2.32. The van der Waals surface area contributed by atoms with Crippen LogP contribution >= 0.6 is 0 Å². The zero-order valence-corrected chi connectivity index (χ0v) is 23.1. The van der Waals surface area contributed by atoms with Crippen molar-refractivity contribution in [2.24, 2.45) is 5.92 Å². The van der Waals surface area contributed by atoms with Crippen molar-refractivity contribution in [3.05, 3.63) is 65.0 Å². The van der Waals surface area contributed by atoms with Crippen LogP contribution in [0.1, 0.15) is 56.6 Å². The largest absolute Gasteiger partial charge is 0.355 e. The van der Waals surface area contributed by atoms with Gasteiger partial charge in [0.25, 0.3) is 5.91 Å². The summed E-state index contributed by atoms with van der Waals surface area (Å²) in [6.45, 7) is 10.3. The van der Waals surface area contributed by atoms with Crippen molar-refractivity contribution in [3.8, 4) is 11.4 Å². The Morgan fingerprint density at radius 2 is 1.77 bits per heavy atom. The van der Waals surface area contributed by atoms with Gasteiger partial charge in [0, 0.05) is 37.9 Å². The van der Waals surface area contributed by atoms with E-state index in [1.807, 2.05) is 54.1 Å². The minimum absolute atomic E-state index is 0.